The summed E-state index contributed by atoms with van der Waals surface area (Å²) >= 11 is 0. The summed E-state index contributed by atoms with van der Waals surface area (Å²) < 4.78 is 0. The van der Waals surface area contributed by atoms with Crippen LogP contribution in [0.1, 0.15) is 59.3 Å². The Morgan fingerprint density at radius 1 is 1.26 bits per heavy atom. The predicted octanol–water partition coefficient (Wildman–Crippen LogP) is 3.05. The van der Waals surface area contributed by atoms with Gasteiger partial charge >= 0.3 is 0 Å². The van der Waals surface area contributed by atoms with Crippen LogP contribution in [0.3, 0.4) is 0 Å². The van der Waals surface area contributed by atoms with Gasteiger partial charge in [-0.1, -0.05) is 26.7 Å². The van der Waals surface area contributed by atoms with Crippen molar-refractivity contribution in [2.75, 3.05) is 26.2 Å². The second-order valence-electron chi connectivity index (χ2n) is 5.86. The van der Waals surface area contributed by atoms with Crippen molar-refractivity contribution in [1.29, 1.82) is 0 Å². The van der Waals surface area contributed by atoms with E-state index in [1.165, 1.54) is 12.8 Å². The number of piperidine rings is 1. The molecule has 1 aliphatic rings. The van der Waals surface area contributed by atoms with E-state index in [1.807, 2.05) is 0 Å². The van der Waals surface area contributed by atoms with Gasteiger partial charge in [0.2, 0.25) is 5.91 Å². The van der Waals surface area contributed by atoms with Crippen molar-refractivity contribution < 1.29 is 4.79 Å². The number of nitrogens with zero attached hydrogens (tertiary/aromatic N) is 1. The van der Waals surface area contributed by atoms with Crippen LogP contribution in [0.2, 0.25) is 0 Å². The molecule has 1 heterocycles. The zero-order chi connectivity index (χ0) is 14.1. The van der Waals surface area contributed by atoms with Crippen LogP contribution < -0.4 is 5.32 Å². The van der Waals surface area contributed by atoms with Gasteiger partial charge in [0.1, 0.15) is 0 Å². The highest BCUT2D eigenvalue weighted by Gasteiger charge is 2.24. The lowest BCUT2D eigenvalue weighted by Crippen LogP contribution is -2.43. The normalized spacial score (nSPS) is 19.7. The van der Waals surface area contributed by atoms with Crippen molar-refractivity contribution in [1.82, 2.24) is 10.2 Å². The van der Waals surface area contributed by atoms with Gasteiger partial charge in [0.05, 0.1) is 0 Å². The van der Waals surface area contributed by atoms with Crippen LogP contribution in [0.4, 0.5) is 0 Å². The third-order valence-corrected chi connectivity index (χ3v) is 4.19. The minimum atomic E-state index is 0.256. The average Bonchev–Trinajstić information content (AvgIpc) is 2.45. The molecule has 3 nitrogen and oxygen atoms in total. The molecule has 1 amide bonds. The van der Waals surface area contributed by atoms with Crippen LogP contribution >= 0.6 is 0 Å². The maximum Gasteiger partial charge on any atom is 0.225 e. The lowest BCUT2D eigenvalue weighted by molar-refractivity contribution is -0.136. The van der Waals surface area contributed by atoms with Crippen LogP contribution in [0.25, 0.3) is 0 Å². The summed E-state index contributed by atoms with van der Waals surface area (Å²) in [7, 11) is 0. The smallest absolute Gasteiger partial charge is 0.225 e. The van der Waals surface area contributed by atoms with Crippen LogP contribution in [0.5, 0.6) is 0 Å². The average molecular weight is 268 g/mol. The minimum absolute atomic E-state index is 0.256. The molecule has 1 N–H and O–H groups in total. The fraction of sp³-hybridized carbons (Fsp3) is 0.938. The maximum atomic E-state index is 12.6. The van der Waals surface area contributed by atoms with Gasteiger partial charge < -0.3 is 10.2 Å². The van der Waals surface area contributed by atoms with Crippen molar-refractivity contribution >= 4 is 5.91 Å². The molecule has 1 saturated heterocycles. The van der Waals surface area contributed by atoms with Crippen LogP contribution in [0, 0.1) is 11.8 Å². The topological polar surface area (TPSA) is 32.3 Å². The number of rotatable bonds is 8. The molecule has 1 rings (SSSR count). The van der Waals surface area contributed by atoms with Crippen molar-refractivity contribution in [3.05, 3.63) is 0 Å². The molecular weight excluding hydrogens is 236 g/mol. The lowest BCUT2D eigenvalue weighted by Gasteiger charge is -2.32. The van der Waals surface area contributed by atoms with Crippen molar-refractivity contribution in [2.24, 2.45) is 11.8 Å². The van der Waals surface area contributed by atoms with Gasteiger partial charge in [0.15, 0.2) is 0 Å². The fourth-order valence-electron chi connectivity index (χ4n) is 3.11. The van der Waals surface area contributed by atoms with E-state index in [4.69, 9.17) is 0 Å². The predicted molar refractivity (Wildman–Crippen MR) is 81.2 cm³/mol. The number of hydrogen-bond acceptors (Lipinski definition) is 2. The first-order valence-corrected chi connectivity index (χ1v) is 8.22. The molecule has 1 aliphatic heterocycles. The van der Waals surface area contributed by atoms with Gasteiger partial charge in [-0.25, -0.2) is 0 Å². The molecule has 0 aromatic carbocycles. The second-order valence-corrected chi connectivity index (χ2v) is 5.86. The zero-order valence-electron chi connectivity index (χ0n) is 13.1. The molecule has 1 fully saturated rings. The summed E-state index contributed by atoms with van der Waals surface area (Å²) in [6.07, 6.45) is 6.84. The number of nitrogens with one attached hydrogen (secondary N) is 1. The van der Waals surface area contributed by atoms with Crippen LogP contribution in [-0.4, -0.2) is 37.0 Å². The fourth-order valence-corrected chi connectivity index (χ4v) is 3.11. The van der Waals surface area contributed by atoms with E-state index in [1.54, 1.807) is 0 Å². The van der Waals surface area contributed by atoms with Gasteiger partial charge in [-0.3, -0.25) is 4.79 Å². The molecule has 3 heteroatoms. The first-order valence-electron chi connectivity index (χ1n) is 8.22. The van der Waals surface area contributed by atoms with Gasteiger partial charge in [-0.05, 0) is 51.6 Å². The zero-order valence-corrected chi connectivity index (χ0v) is 13.1. The number of hydrogen-bond donors (Lipinski definition) is 1. The molecule has 0 radical (unpaired) electrons. The second kappa shape index (κ2) is 9.35. The Morgan fingerprint density at radius 2 is 1.95 bits per heavy atom. The van der Waals surface area contributed by atoms with Gasteiger partial charge in [-0.15, -0.1) is 0 Å². The highest BCUT2D eigenvalue weighted by atomic mass is 16.2. The molecule has 0 bridgehead atoms. The number of carbonyl (C=O) groups excluding carboxylic acids is 1. The van der Waals surface area contributed by atoms with Crippen LogP contribution in [-0.2, 0) is 4.79 Å². The summed E-state index contributed by atoms with van der Waals surface area (Å²) in [4.78, 5) is 14.7. The molecule has 0 aromatic rings. The molecule has 1 atom stereocenters. The van der Waals surface area contributed by atoms with Gasteiger partial charge in [0.25, 0.3) is 0 Å². The monoisotopic (exact) mass is 268 g/mol. The number of carbonyl (C=O) groups is 1. The first kappa shape index (κ1) is 16.5. The van der Waals surface area contributed by atoms with E-state index >= 15 is 0 Å². The summed E-state index contributed by atoms with van der Waals surface area (Å²) in [6.45, 7) is 10.5. The molecule has 19 heavy (non-hydrogen) atoms. The largest absolute Gasteiger partial charge is 0.342 e. The van der Waals surface area contributed by atoms with E-state index in [0.717, 1.165) is 51.9 Å². The van der Waals surface area contributed by atoms with E-state index in [-0.39, 0.29) is 5.92 Å². The maximum absolute atomic E-state index is 12.6. The molecule has 112 valence electrons. The molecule has 1 unspecified atom stereocenters. The third-order valence-electron chi connectivity index (χ3n) is 4.19. The van der Waals surface area contributed by atoms with E-state index in [0.29, 0.717) is 11.8 Å². The third kappa shape index (κ3) is 5.52. The first-order chi connectivity index (χ1) is 9.22. The van der Waals surface area contributed by atoms with Crippen LogP contribution in [0.15, 0.2) is 0 Å². The van der Waals surface area contributed by atoms with Crippen molar-refractivity contribution in [3.8, 4) is 0 Å². The standard InChI is InChI=1S/C16H32N2O/c1-4-8-15(9-5-2)16(19)18(6-3)13-14-10-7-11-17-12-14/h14-15,17H,4-13H2,1-3H3. The SMILES string of the molecule is CCCC(CCC)C(=O)N(CC)CC1CCCNC1. The number of amides is 1. The van der Waals surface area contributed by atoms with Gasteiger partial charge in [0, 0.05) is 19.0 Å². The summed E-state index contributed by atoms with van der Waals surface area (Å²) in [5.41, 5.74) is 0. The summed E-state index contributed by atoms with van der Waals surface area (Å²) in [5, 5.41) is 3.44. The Labute approximate surface area is 119 Å². The molecule has 0 saturated carbocycles. The van der Waals surface area contributed by atoms with E-state index in [9.17, 15) is 4.79 Å². The van der Waals surface area contributed by atoms with Crippen molar-refractivity contribution in [3.63, 3.8) is 0 Å². The van der Waals surface area contributed by atoms with E-state index < -0.39 is 0 Å². The Hall–Kier alpha value is -0.570. The molecule has 0 spiro atoms. The summed E-state index contributed by atoms with van der Waals surface area (Å²) in [5.74, 6) is 1.31. The molecule has 0 aromatic heterocycles. The summed E-state index contributed by atoms with van der Waals surface area (Å²) in [6, 6.07) is 0. The Morgan fingerprint density at radius 3 is 2.42 bits per heavy atom. The van der Waals surface area contributed by atoms with Crippen molar-refractivity contribution in [2.45, 2.75) is 59.3 Å². The highest BCUT2D eigenvalue weighted by molar-refractivity contribution is 5.78. The molecular formula is C16H32N2O. The quantitative estimate of drug-likeness (QED) is 0.734. The lowest BCUT2D eigenvalue weighted by atomic mass is 9.94. The Balaban J connectivity index is 2.52. The highest BCUT2D eigenvalue weighted by Crippen LogP contribution is 2.19. The Bertz CT molecular complexity index is 243. The minimum Gasteiger partial charge on any atom is -0.342 e. The molecule has 0 aliphatic carbocycles. The Kier molecular flexibility index (Phi) is 8.11. The van der Waals surface area contributed by atoms with E-state index in [2.05, 4.69) is 31.0 Å². The van der Waals surface area contributed by atoms with Gasteiger partial charge in [-0.2, -0.15) is 0 Å².